The van der Waals surface area contributed by atoms with Gasteiger partial charge in [0, 0.05) is 18.8 Å². The number of aromatic nitrogens is 2. The fraction of sp³-hybridized carbons (Fsp3) is 0.308. The van der Waals surface area contributed by atoms with Crippen LogP contribution in [0.4, 0.5) is 5.69 Å². The summed E-state index contributed by atoms with van der Waals surface area (Å²) >= 11 is 6.09. The van der Waals surface area contributed by atoms with Gasteiger partial charge in [0.15, 0.2) is 0 Å². The van der Waals surface area contributed by atoms with Crippen molar-refractivity contribution in [2.45, 2.75) is 13.0 Å². The lowest BCUT2D eigenvalue weighted by atomic mass is 10.1. The second-order valence-corrected chi connectivity index (χ2v) is 4.61. The van der Waals surface area contributed by atoms with E-state index >= 15 is 0 Å². The third kappa shape index (κ3) is 2.66. The number of nitrogens with one attached hydrogen (secondary N) is 1. The summed E-state index contributed by atoms with van der Waals surface area (Å²) < 4.78 is 1.74. The van der Waals surface area contributed by atoms with E-state index in [1.807, 2.05) is 44.4 Å². The van der Waals surface area contributed by atoms with Gasteiger partial charge in [-0.1, -0.05) is 23.7 Å². The second-order valence-electron chi connectivity index (χ2n) is 4.20. The van der Waals surface area contributed by atoms with Crippen molar-refractivity contribution in [1.29, 1.82) is 0 Å². The van der Waals surface area contributed by atoms with Crippen molar-refractivity contribution in [2.75, 3.05) is 11.9 Å². The minimum Gasteiger partial charge on any atom is -0.394 e. The highest BCUT2D eigenvalue weighted by molar-refractivity contribution is 6.33. The third-order valence-corrected chi connectivity index (χ3v) is 3.14. The lowest BCUT2D eigenvalue weighted by molar-refractivity contribution is 0.276. The molecule has 1 unspecified atom stereocenters. The molecule has 5 heteroatoms. The fourth-order valence-corrected chi connectivity index (χ4v) is 2.14. The van der Waals surface area contributed by atoms with Crippen molar-refractivity contribution in [3.63, 3.8) is 0 Å². The van der Waals surface area contributed by atoms with Crippen LogP contribution in [-0.4, -0.2) is 21.5 Å². The maximum absolute atomic E-state index is 9.52. The van der Waals surface area contributed by atoms with Crippen LogP contribution >= 0.6 is 11.6 Å². The van der Waals surface area contributed by atoms with E-state index in [1.54, 1.807) is 4.68 Å². The summed E-state index contributed by atoms with van der Waals surface area (Å²) in [6.07, 6.45) is 1.90. The van der Waals surface area contributed by atoms with Crippen LogP contribution in [0.3, 0.4) is 0 Å². The molecule has 0 aliphatic rings. The van der Waals surface area contributed by atoms with E-state index in [-0.39, 0.29) is 12.6 Å². The average molecular weight is 266 g/mol. The van der Waals surface area contributed by atoms with Crippen LogP contribution in [0.1, 0.15) is 17.3 Å². The molecule has 4 nitrogen and oxygen atoms in total. The Bertz CT molecular complexity index is 539. The van der Waals surface area contributed by atoms with E-state index in [1.165, 1.54) is 0 Å². The lowest BCUT2D eigenvalue weighted by Crippen LogP contribution is -2.15. The van der Waals surface area contributed by atoms with E-state index in [0.29, 0.717) is 5.02 Å². The molecule has 0 bridgehead atoms. The largest absolute Gasteiger partial charge is 0.394 e. The molecular formula is C13H16ClN3O. The number of aliphatic hydroxyl groups excluding tert-OH is 1. The summed E-state index contributed by atoms with van der Waals surface area (Å²) in [7, 11) is 1.86. The number of para-hydroxylation sites is 1. The summed E-state index contributed by atoms with van der Waals surface area (Å²) in [5.41, 5.74) is 2.68. The number of anilines is 1. The molecule has 0 saturated carbocycles. The molecule has 2 rings (SSSR count). The van der Waals surface area contributed by atoms with Gasteiger partial charge in [0.1, 0.15) is 0 Å². The zero-order chi connectivity index (χ0) is 13.1. The molecule has 0 saturated heterocycles. The van der Waals surface area contributed by atoms with E-state index < -0.39 is 0 Å². The zero-order valence-electron chi connectivity index (χ0n) is 10.4. The highest BCUT2D eigenvalue weighted by Crippen LogP contribution is 2.26. The molecule has 1 aromatic heterocycles. The van der Waals surface area contributed by atoms with Gasteiger partial charge in [-0.25, -0.2) is 0 Å². The van der Waals surface area contributed by atoms with Crippen LogP contribution < -0.4 is 5.32 Å². The van der Waals surface area contributed by atoms with E-state index in [9.17, 15) is 5.11 Å². The summed E-state index contributed by atoms with van der Waals surface area (Å²) in [6, 6.07) is 7.26. The van der Waals surface area contributed by atoms with Crippen LogP contribution in [0.5, 0.6) is 0 Å². The topological polar surface area (TPSA) is 50.1 Å². The molecule has 18 heavy (non-hydrogen) atoms. The van der Waals surface area contributed by atoms with Gasteiger partial charge in [-0.2, -0.15) is 5.10 Å². The van der Waals surface area contributed by atoms with Crippen LogP contribution in [-0.2, 0) is 7.05 Å². The van der Waals surface area contributed by atoms with Crippen LogP contribution in [0.25, 0.3) is 0 Å². The maximum Gasteiger partial charge on any atom is 0.0778 e. The van der Waals surface area contributed by atoms with Gasteiger partial charge >= 0.3 is 0 Å². The smallest absolute Gasteiger partial charge is 0.0778 e. The predicted octanol–water partition coefficient (Wildman–Crippen LogP) is 2.53. The van der Waals surface area contributed by atoms with E-state index in [0.717, 1.165) is 16.9 Å². The Labute approximate surface area is 111 Å². The quantitative estimate of drug-likeness (QED) is 0.893. The van der Waals surface area contributed by atoms with Gasteiger partial charge in [0.05, 0.1) is 29.1 Å². The number of hydrogen-bond acceptors (Lipinski definition) is 3. The van der Waals surface area contributed by atoms with Gasteiger partial charge in [-0.05, 0) is 19.1 Å². The lowest BCUT2D eigenvalue weighted by Gasteiger charge is -2.18. The number of halogens is 1. The minimum absolute atomic E-state index is 0.0161. The van der Waals surface area contributed by atoms with Crippen LogP contribution in [0.15, 0.2) is 30.5 Å². The molecule has 96 valence electrons. The van der Waals surface area contributed by atoms with Gasteiger partial charge < -0.3 is 10.4 Å². The molecule has 0 aliphatic heterocycles. The Hall–Kier alpha value is -1.52. The Kier molecular flexibility index (Phi) is 3.89. The highest BCUT2D eigenvalue weighted by Gasteiger charge is 2.16. The molecule has 1 heterocycles. The van der Waals surface area contributed by atoms with Crippen molar-refractivity contribution < 1.29 is 5.11 Å². The fourth-order valence-electron chi connectivity index (χ4n) is 1.95. The molecule has 0 amide bonds. The first-order valence-electron chi connectivity index (χ1n) is 5.74. The van der Waals surface area contributed by atoms with Gasteiger partial charge in [0.25, 0.3) is 0 Å². The second kappa shape index (κ2) is 5.42. The molecular weight excluding hydrogens is 250 g/mol. The van der Waals surface area contributed by atoms with Crippen LogP contribution in [0, 0.1) is 6.92 Å². The number of rotatable bonds is 4. The normalized spacial score (nSPS) is 12.4. The number of aliphatic hydroxyl groups is 1. The average Bonchev–Trinajstić information content (AvgIpc) is 2.67. The first-order valence-corrected chi connectivity index (χ1v) is 6.11. The number of nitrogens with zero attached hydrogens (tertiary/aromatic N) is 2. The standard InChI is InChI=1S/C13H16ClN3O/c1-9-10(7-17(2)16-9)13(8-18)15-12-6-4-3-5-11(12)14/h3-7,13,15,18H,8H2,1-2H3. The van der Waals surface area contributed by atoms with Crippen molar-refractivity contribution >= 4 is 17.3 Å². The SMILES string of the molecule is Cc1nn(C)cc1C(CO)Nc1ccccc1Cl. The Morgan fingerprint density at radius 3 is 2.72 bits per heavy atom. The maximum atomic E-state index is 9.52. The first-order chi connectivity index (χ1) is 8.61. The zero-order valence-corrected chi connectivity index (χ0v) is 11.1. The highest BCUT2D eigenvalue weighted by atomic mass is 35.5. The number of aryl methyl sites for hydroxylation is 2. The molecule has 0 fully saturated rings. The minimum atomic E-state index is -0.210. The number of hydrogen-bond donors (Lipinski definition) is 2. The van der Waals surface area contributed by atoms with Crippen LogP contribution in [0.2, 0.25) is 5.02 Å². The predicted molar refractivity (Wildman–Crippen MR) is 72.8 cm³/mol. The summed E-state index contributed by atoms with van der Waals surface area (Å²) in [6.45, 7) is 1.91. The molecule has 2 N–H and O–H groups in total. The monoisotopic (exact) mass is 265 g/mol. The molecule has 0 spiro atoms. The number of benzene rings is 1. The summed E-state index contributed by atoms with van der Waals surface area (Å²) in [5.74, 6) is 0. The van der Waals surface area contributed by atoms with Gasteiger partial charge in [-0.15, -0.1) is 0 Å². The van der Waals surface area contributed by atoms with Crippen molar-refractivity contribution in [2.24, 2.45) is 7.05 Å². The Morgan fingerprint density at radius 1 is 1.44 bits per heavy atom. The Morgan fingerprint density at radius 2 is 2.17 bits per heavy atom. The molecule has 2 aromatic rings. The summed E-state index contributed by atoms with van der Waals surface area (Å²) in [5, 5.41) is 17.7. The summed E-state index contributed by atoms with van der Waals surface area (Å²) in [4.78, 5) is 0. The third-order valence-electron chi connectivity index (χ3n) is 2.81. The van der Waals surface area contributed by atoms with Crippen molar-refractivity contribution in [1.82, 2.24) is 9.78 Å². The van der Waals surface area contributed by atoms with Crippen molar-refractivity contribution in [3.8, 4) is 0 Å². The molecule has 1 atom stereocenters. The van der Waals surface area contributed by atoms with Crippen molar-refractivity contribution in [3.05, 3.63) is 46.7 Å². The van der Waals surface area contributed by atoms with Gasteiger partial charge in [-0.3, -0.25) is 4.68 Å². The molecule has 0 radical (unpaired) electrons. The van der Waals surface area contributed by atoms with Gasteiger partial charge in [0.2, 0.25) is 0 Å². The van der Waals surface area contributed by atoms with E-state index in [2.05, 4.69) is 10.4 Å². The molecule has 0 aliphatic carbocycles. The Balaban J connectivity index is 2.25. The van der Waals surface area contributed by atoms with E-state index in [4.69, 9.17) is 11.6 Å². The molecule has 1 aromatic carbocycles. The first kappa shape index (κ1) is 12.9.